The van der Waals surface area contributed by atoms with Crippen molar-refractivity contribution in [1.29, 1.82) is 0 Å². The van der Waals surface area contributed by atoms with Gasteiger partial charge in [-0.15, -0.1) is 0 Å². The van der Waals surface area contributed by atoms with E-state index in [4.69, 9.17) is 4.98 Å². The van der Waals surface area contributed by atoms with E-state index in [2.05, 4.69) is 64.5 Å². The highest BCUT2D eigenvalue weighted by atomic mass is 15.4. The lowest BCUT2D eigenvalue weighted by molar-refractivity contribution is -0.00875. The lowest BCUT2D eigenvalue weighted by Crippen LogP contribution is -2.68. The first-order valence-electron chi connectivity index (χ1n) is 12.0. The largest absolute Gasteiger partial charge is 0.353 e. The minimum Gasteiger partial charge on any atom is -0.353 e. The van der Waals surface area contributed by atoms with Crippen LogP contribution >= 0.6 is 0 Å². The van der Waals surface area contributed by atoms with E-state index >= 15 is 0 Å². The average molecular weight is 468 g/mol. The second-order valence-corrected chi connectivity index (χ2v) is 9.61. The second-order valence-electron chi connectivity index (χ2n) is 9.61. The standard InChI is InChI=1S/C26H29N9/c1-16-4-5-19(11-27-16)13-35-21-10-22(35)15-34(14-21)25-7-6-20(12-28-25)26-29-17(2)8-23(31-26)30-24-9-18(3)32-33-24/h4-9,11-12,21-22H,10,13-15H2,1-3H3,(H2,29,30,31,32,33). The molecule has 0 spiro atoms. The fraction of sp³-hybridized carbons (Fsp3) is 0.346. The Balaban J connectivity index is 1.13. The molecule has 178 valence electrons. The number of hydrogen-bond donors (Lipinski definition) is 2. The lowest BCUT2D eigenvalue weighted by Gasteiger charge is -2.56. The van der Waals surface area contributed by atoms with Crippen LogP contribution in [0.5, 0.6) is 0 Å². The van der Waals surface area contributed by atoms with Crippen molar-refractivity contribution in [2.75, 3.05) is 23.3 Å². The van der Waals surface area contributed by atoms with Gasteiger partial charge < -0.3 is 10.2 Å². The average Bonchev–Trinajstić information content (AvgIpc) is 3.27. The highest BCUT2D eigenvalue weighted by Gasteiger charge is 2.44. The molecule has 3 aliphatic heterocycles. The molecule has 0 aromatic carbocycles. The number of aromatic amines is 1. The third-order valence-corrected chi connectivity index (χ3v) is 6.83. The van der Waals surface area contributed by atoms with Gasteiger partial charge in [0.25, 0.3) is 0 Å². The monoisotopic (exact) mass is 467 g/mol. The van der Waals surface area contributed by atoms with Gasteiger partial charge in [0, 0.05) is 78.9 Å². The van der Waals surface area contributed by atoms with Gasteiger partial charge in [0.2, 0.25) is 0 Å². The van der Waals surface area contributed by atoms with E-state index in [-0.39, 0.29) is 0 Å². The SMILES string of the molecule is Cc1ccc(CN2C3CC2CN(c2ccc(-c4nc(C)cc(Nc5cc(C)[nH]n5)n4)cn2)C3)cn1. The molecule has 2 atom stereocenters. The number of rotatable bonds is 6. The smallest absolute Gasteiger partial charge is 0.163 e. The van der Waals surface area contributed by atoms with Gasteiger partial charge in [-0.1, -0.05) is 6.07 Å². The molecule has 0 aliphatic carbocycles. The number of pyridine rings is 2. The molecule has 0 amide bonds. The van der Waals surface area contributed by atoms with E-state index in [9.17, 15) is 0 Å². The van der Waals surface area contributed by atoms with Crippen LogP contribution in [0.15, 0.2) is 48.8 Å². The Morgan fingerprint density at radius 1 is 0.914 bits per heavy atom. The van der Waals surface area contributed by atoms with Gasteiger partial charge in [0.05, 0.1) is 0 Å². The number of piperidine rings is 1. The molecule has 2 unspecified atom stereocenters. The first-order chi connectivity index (χ1) is 17.0. The quantitative estimate of drug-likeness (QED) is 0.442. The highest BCUT2D eigenvalue weighted by molar-refractivity contribution is 5.61. The van der Waals surface area contributed by atoms with Crippen molar-refractivity contribution in [3.63, 3.8) is 0 Å². The fourth-order valence-electron chi connectivity index (χ4n) is 5.02. The van der Waals surface area contributed by atoms with Gasteiger partial charge in [0.1, 0.15) is 11.6 Å². The fourth-order valence-corrected chi connectivity index (χ4v) is 5.02. The van der Waals surface area contributed by atoms with Crippen molar-refractivity contribution in [1.82, 2.24) is 35.0 Å². The summed E-state index contributed by atoms with van der Waals surface area (Å²) in [7, 11) is 0. The minimum atomic E-state index is 0.566. The zero-order chi connectivity index (χ0) is 23.9. The topological polar surface area (TPSA) is 98.8 Å². The minimum absolute atomic E-state index is 0.566. The lowest BCUT2D eigenvalue weighted by atomic mass is 9.87. The summed E-state index contributed by atoms with van der Waals surface area (Å²) in [5.41, 5.74) is 5.12. The van der Waals surface area contributed by atoms with Gasteiger partial charge in [-0.05, 0) is 51.0 Å². The molecule has 4 aromatic heterocycles. The van der Waals surface area contributed by atoms with E-state index in [0.29, 0.717) is 23.7 Å². The van der Waals surface area contributed by atoms with Crippen molar-refractivity contribution in [3.8, 4) is 11.4 Å². The van der Waals surface area contributed by atoms with Crippen LogP contribution in [0.25, 0.3) is 11.4 Å². The number of nitrogens with one attached hydrogen (secondary N) is 2. The maximum absolute atomic E-state index is 4.78. The molecule has 0 radical (unpaired) electrons. The summed E-state index contributed by atoms with van der Waals surface area (Å²) in [6, 6.07) is 13.4. The molecule has 0 saturated carbocycles. The highest BCUT2D eigenvalue weighted by Crippen LogP contribution is 2.35. The predicted molar refractivity (Wildman–Crippen MR) is 136 cm³/mol. The van der Waals surface area contributed by atoms with Gasteiger partial charge in [-0.25, -0.2) is 15.0 Å². The number of piperazine rings is 1. The zero-order valence-electron chi connectivity index (χ0n) is 20.2. The summed E-state index contributed by atoms with van der Waals surface area (Å²) in [5, 5.41) is 10.4. The van der Waals surface area contributed by atoms with E-state index in [1.807, 2.05) is 45.3 Å². The Labute approximate surface area is 204 Å². The summed E-state index contributed by atoms with van der Waals surface area (Å²) in [4.78, 5) is 23.5. The van der Waals surface area contributed by atoms with Gasteiger partial charge >= 0.3 is 0 Å². The number of aryl methyl sites for hydroxylation is 3. The van der Waals surface area contributed by atoms with Crippen molar-refractivity contribution < 1.29 is 0 Å². The number of fused-ring (bicyclic) bond motifs is 2. The van der Waals surface area contributed by atoms with Gasteiger partial charge in [0.15, 0.2) is 11.6 Å². The Morgan fingerprint density at radius 3 is 2.46 bits per heavy atom. The molecule has 2 N–H and O–H groups in total. The molecule has 7 rings (SSSR count). The van der Waals surface area contributed by atoms with Crippen molar-refractivity contribution in [3.05, 3.63) is 71.4 Å². The number of H-pyrrole nitrogens is 1. The Kier molecular flexibility index (Phi) is 5.41. The molecule has 35 heavy (non-hydrogen) atoms. The number of anilines is 3. The van der Waals surface area contributed by atoms with Crippen LogP contribution in [0.3, 0.4) is 0 Å². The summed E-state index contributed by atoms with van der Waals surface area (Å²) in [5.74, 6) is 3.11. The van der Waals surface area contributed by atoms with Crippen molar-refractivity contribution in [2.45, 2.75) is 45.8 Å². The molecule has 7 heterocycles. The van der Waals surface area contributed by atoms with E-state index < -0.39 is 0 Å². The molecule has 4 aromatic rings. The van der Waals surface area contributed by atoms with Crippen LogP contribution in [0.1, 0.15) is 29.1 Å². The normalized spacial score (nSPS) is 19.5. The molecule has 3 aliphatic rings. The van der Waals surface area contributed by atoms with Crippen LogP contribution in [-0.4, -0.2) is 60.2 Å². The third kappa shape index (κ3) is 4.46. The molecule has 2 bridgehead atoms. The molecule has 3 fully saturated rings. The number of nitrogens with zero attached hydrogens (tertiary/aromatic N) is 7. The maximum Gasteiger partial charge on any atom is 0.163 e. The Morgan fingerprint density at radius 2 is 1.77 bits per heavy atom. The summed E-state index contributed by atoms with van der Waals surface area (Å²) in [6.45, 7) is 8.93. The first-order valence-corrected chi connectivity index (χ1v) is 12.0. The summed E-state index contributed by atoms with van der Waals surface area (Å²) >= 11 is 0. The predicted octanol–water partition coefficient (Wildman–Crippen LogP) is 3.79. The zero-order valence-corrected chi connectivity index (χ0v) is 20.2. The maximum atomic E-state index is 4.78. The summed E-state index contributed by atoms with van der Waals surface area (Å²) < 4.78 is 0. The van der Waals surface area contributed by atoms with Crippen LogP contribution in [0.4, 0.5) is 17.5 Å². The van der Waals surface area contributed by atoms with Gasteiger partial charge in [-0.2, -0.15) is 5.10 Å². The van der Waals surface area contributed by atoms with E-state index in [1.165, 1.54) is 12.0 Å². The number of hydrogen-bond acceptors (Lipinski definition) is 8. The van der Waals surface area contributed by atoms with Crippen LogP contribution in [0, 0.1) is 20.8 Å². The first kappa shape index (κ1) is 21.7. The van der Waals surface area contributed by atoms with Crippen LogP contribution < -0.4 is 10.2 Å². The van der Waals surface area contributed by atoms with Crippen LogP contribution in [0.2, 0.25) is 0 Å². The Hall–Kier alpha value is -3.85. The second kappa shape index (κ2) is 8.74. The number of aromatic nitrogens is 6. The van der Waals surface area contributed by atoms with E-state index in [0.717, 1.165) is 53.9 Å². The van der Waals surface area contributed by atoms with Crippen LogP contribution in [-0.2, 0) is 6.54 Å². The van der Waals surface area contributed by atoms with Gasteiger partial charge in [-0.3, -0.25) is 15.0 Å². The third-order valence-electron chi connectivity index (χ3n) is 6.83. The van der Waals surface area contributed by atoms with Crippen molar-refractivity contribution in [2.24, 2.45) is 0 Å². The van der Waals surface area contributed by atoms with E-state index in [1.54, 1.807) is 0 Å². The summed E-state index contributed by atoms with van der Waals surface area (Å²) in [6.07, 6.45) is 5.14. The molecular formula is C26H29N9. The molecule has 9 heteroatoms. The molecular weight excluding hydrogens is 438 g/mol. The van der Waals surface area contributed by atoms with Crippen molar-refractivity contribution >= 4 is 17.5 Å². The molecule has 3 saturated heterocycles. The Bertz CT molecular complexity index is 1320. The molecule has 9 nitrogen and oxygen atoms in total.